The van der Waals surface area contributed by atoms with Gasteiger partial charge in [0.15, 0.2) is 0 Å². The lowest BCUT2D eigenvalue weighted by Crippen LogP contribution is -2.35. The van der Waals surface area contributed by atoms with E-state index in [1.165, 1.54) is 63.6 Å². The molecule has 0 radical (unpaired) electrons. The van der Waals surface area contributed by atoms with Crippen LogP contribution in [0.15, 0.2) is 12.3 Å². The van der Waals surface area contributed by atoms with E-state index in [1.54, 1.807) is 0 Å². The summed E-state index contributed by atoms with van der Waals surface area (Å²) in [4.78, 5) is 2.43. The number of ether oxygens (including phenoxy) is 1. The van der Waals surface area contributed by atoms with Crippen molar-refractivity contribution in [2.45, 2.75) is 70.9 Å². The third-order valence-electron chi connectivity index (χ3n) is 5.99. The topological polar surface area (TPSA) is 30.3 Å². The molecule has 0 bridgehead atoms. The van der Waals surface area contributed by atoms with Crippen LogP contribution in [0.25, 0.3) is 0 Å². The lowest BCUT2D eigenvalue weighted by atomic mass is 9.68. The maximum atomic E-state index is 5.57. The summed E-state index contributed by atoms with van der Waals surface area (Å²) in [5.41, 5.74) is 1.97. The van der Waals surface area contributed by atoms with Crippen molar-refractivity contribution < 1.29 is 4.74 Å². The Hall–Kier alpha value is -0.870. The molecular weight excluding hydrogens is 286 g/mol. The van der Waals surface area contributed by atoms with E-state index in [0.717, 1.165) is 19.8 Å². The van der Waals surface area contributed by atoms with Crippen molar-refractivity contribution in [1.29, 1.82) is 0 Å². The van der Waals surface area contributed by atoms with E-state index in [4.69, 9.17) is 4.74 Å². The molecule has 23 heavy (non-hydrogen) atoms. The molecule has 0 amide bonds. The van der Waals surface area contributed by atoms with Crippen molar-refractivity contribution in [2.24, 2.45) is 5.41 Å². The maximum absolute atomic E-state index is 5.57. The molecule has 4 nitrogen and oxygen atoms in total. The van der Waals surface area contributed by atoms with Crippen LogP contribution in [0.4, 0.5) is 0 Å². The molecular formula is C19H33N3O. The molecule has 3 rings (SSSR count). The van der Waals surface area contributed by atoms with Crippen molar-refractivity contribution in [2.75, 3.05) is 26.8 Å². The van der Waals surface area contributed by atoms with Crippen molar-refractivity contribution in [3.8, 4) is 0 Å². The van der Waals surface area contributed by atoms with Gasteiger partial charge in [0.2, 0.25) is 0 Å². The molecule has 1 aliphatic heterocycles. The Balaban J connectivity index is 1.57. The molecule has 1 spiro atoms. The number of nitrogens with zero attached hydrogens (tertiary/aromatic N) is 3. The third kappa shape index (κ3) is 4.16. The summed E-state index contributed by atoms with van der Waals surface area (Å²) in [6.45, 7) is 6.40. The van der Waals surface area contributed by atoms with E-state index < -0.39 is 0 Å². The van der Waals surface area contributed by atoms with E-state index in [9.17, 15) is 0 Å². The second kappa shape index (κ2) is 7.80. The zero-order valence-corrected chi connectivity index (χ0v) is 15.0. The first-order valence-electron chi connectivity index (χ1n) is 9.51. The number of hydrogen-bond acceptors (Lipinski definition) is 3. The van der Waals surface area contributed by atoms with Crippen molar-refractivity contribution in [3.63, 3.8) is 0 Å². The molecule has 1 saturated carbocycles. The molecule has 130 valence electrons. The molecule has 2 aliphatic rings. The van der Waals surface area contributed by atoms with Crippen LogP contribution in [-0.2, 0) is 11.3 Å². The Morgan fingerprint density at radius 1 is 1.26 bits per heavy atom. The average molecular weight is 319 g/mol. The van der Waals surface area contributed by atoms with Crippen LogP contribution in [0.3, 0.4) is 0 Å². The van der Waals surface area contributed by atoms with Crippen LogP contribution in [0, 0.1) is 5.41 Å². The summed E-state index contributed by atoms with van der Waals surface area (Å²) in [6.07, 6.45) is 12.3. The molecule has 0 atom stereocenters. The third-order valence-corrected chi connectivity index (χ3v) is 5.99. The van der Waals surface area contributed by atoms with Crippen LogP contribution in [0.5, 0.6) is 0 Å². The monoisotopic (exact) mass is 319 g/mol. The number of rotatable bonds is 6. The molecule has 1 aromatic heterocycles. The summed E-state index contributed by atoms with van der Waals surface area (Å²) in [5, 5.41) is 4.67. The van der Waals surface area contributed by atoms with E-state index in [0.29, 0.717) is 11.5 Å². The van der Waals surface area contributed by atoms with Gasteiger partial charge in [-0.05, 0) is 70.0 Å². The summed E-state index contributed by atoms with van der Waals surface area (Å²) >= 11 is 0. The molecule has 1 saturated heterocycles. The minimum atomic E-state index is 0.583. The smallest absolute Gasteiger partial charge is 0.0527 e. The minimum Gasteiger partial charge on any atom is -0.381 e. The van der Waals surface area contributed by atoms with Crippen molar-refractivity contribution >= 4 is 0 Å². The Kier molecular flexibility index (Phi) is 5.76. The SMILES string of the molecule is CCCCN(C)Cc1ccnn1C1CCC2(CCOCC2)CC1. The minimum absolute atomic E-state index is 0.583. The summed E-state index contributed by atoms with van der Waals surface area (Å²) in [7, 11) is 2.23. The van der Waals surface area contributed by atoms with Gasteiger partial charge in [-0.3, -0.25) is 4.68 Å². The molecule has 1 aromatic rings. The fourth-order valence-electron chi connectivity index (χ4n) is 4.34. The highest BCUT2D eigenvalue weighted by Gasteiger charge is 2.37. The number of aromatic nitrogens is 2. The molecule has 1 aliphatic carbocycles. The molecule has 4 heteroatoms. The van der Waals surface area contributed by atoms with E-state index in [1.807, 2.05) is 6.20 Å². The maximum Gasteiger partial charge on any atom is 0.0527 e. The standard InChI is InChI=1S/C19H33N3O/c1-3-4-13-21(2)16-18-7-12-20-22(18)17-5-8-19(9-6-17)10-14-23-15-11-19/h7,12,17H,3-6,8-11,13-16H2,1-2H3. The Labute approximate surface area is 141 Å². The summed E-state index contributed by atoms with van der Waals surface area (Å²) in [5.74, 6) is 0. The fraction of sp³-hybridized carbons (Fsp3) is 0.842. The first-order valence-corrected chi connectivity index (χ1v) is 9.51. The van der Waals surface area contributed by atoms with Crippen LogP contribution in [0.1, 0.15) is 70.0 Å². The van der Waals surface area contributed by atoms with Gasteiger partial charge in [0, 0.05) is 26.0 Å². The normalized spacial score (nSPS) is 22.0. The van der Waals surface area contributed by atoms with E-state index in [2.05, 4.69) is 34.7 Å². The predicted octanol–water partition coefficient (Wildman–Crippen LogP) is 4.03. The van der Waals surface area contributed by atoms with Gasteiger partial charge in [-0.1, -0.05) is 13.3 Å². The Morgan fingerprint density at radius 2 is 2.00 bits per heavy atom. The predicted molar refractivity (Wildman–Crippen MR) is 93.5 cm³/mol. The van der Waals surface area contributed by atoms with Gasteiger partial charge in [0.25, 0.3) is 0 Å². The van der Waals surface area contributed by atoms with Crippen LogP contribution in [0.2, 0.25) is 0 Å². The molecule has 0 unspecified atom stereocenters. The second-order valence-corrected chi connectivity index (χ2v) is 7.70. The Bertz CT molecular complexity index is 469. The van der Waals surface area contributed by atoms with Gasteiger partial charge < -0.3 is 9.64 Å². The quantitative estimate of drug-likeness (QED) is 0.793. The lowest BCUT2D eigenvalue weighted by Gasteiger charge is -2.43. The van der Waals surface area contributed by atoms with Crippen molar-refractivity contribution in [1.82, 2.24) is 14.7 Å². The lowest BCUT2D eigenvalue weighted by molar-refractivity contribution is -0.0127. The highest BCUT2D eigenvalue weighted by atomic mass is 16.5. The van der Waals surface area contributed by atoms with Gasteiger partial charge >= 0.3 is 0 Å². The highest BCUT2D eigenvalue weighted by molar-refractivity contribution is 5.03. The first kappa shape index (κ1) is 17.0. The van der Waals surface area contributed by atoms with Crippen LogP contribution >= 0.6 is 0 Å². The fourth-order valence-corrected chi connectivity index (χ4v) is 4.34. The number of hydrogen-bond donors (Lipinski definition) is 0. The van der Waals surface area contributed by atoms with Gasteiger partial charge in [-0.15, -0.1) is 0 Å². The van der Waals surface area contributed by atoms with Crippen LogP contribution < -0.4 is 0 Å². The summed E-state index contributed by atoms with van der Waals surface area (Å²) < 4.78 is 7.90. The van der Waals surface area contributed by atoms with Crippen molar-refractivity contribution in [3.05, 3.63) is 18.0 Å². The van der Waals surface area contributed by atoms with E-state index in [-0.39, 0.29) is 0 Å². The highest BCUT2D eigenvalue weighted by Crippen LogP contribution is 2.47. The Morgan fingerprint density at radius 3 is 2.70 bits per heavy atom. The summed E-state index contributed by atoms with van der Waals surface area (Å²) in [6, 6.07) is 2.81. The van der Waals surface area contributed by atoms with Crippen LogP contribution in [-0.4, -0.2) is 41.5 Å². The number of unbranched alkanes of at least 4 members (excludes halogenated alkanes) is 1. The first-order chi connectivity index (χ1) is 11.2. The van der Waals surface area contributed by atoms with Gasteiger partial charge in [-0.25, -0.2) is 0 Å². The molecule has 0 N–H and O–H groups in total. The largest absolute Gasteiger partial charge is 0.381 e. The van der Waals surface area contributed by atoms with Gasteiger partial charge in [-0.2, -0.15) is 5.10 Å². The molecule has 2 heterocycles. The second-order valence-electron chi connectivity index (χ2n) is 7.70. The zero-order chi connectivity index (χ0) is 16.1. The zero-order valence-electron chi connectivity index (χ0n) is 15.0. The van der Waals surface area contributed by atoms with Gasteiger partial charge in [0.1, 0.15) is 0 Å². The average Bonchev–Trinajstić information content (AvgIpc) is 3.02. The van der Waals surface area contributed by atoms with E-state index >= 15 is 0 Å². The molecule has 0 aromatic carbocycles. The van der Waals surface area contributed by atoms with Gasteiger partial charge in [0.05, 0.1) is 11.7 Å². The molecule has 2 fully saturated rings.